The van der Waals surface area contributed by atoms with Gasteiger partial charge in [0.05, 0.1) is 5.88 Å². The van der Waals surface area contributed by atoms with E-state index in [-0.39, 0.29) is 6.04 Å². The van der Waals surface area contributed by atoms with E-state index >= 15 is 0 Å². The van der Waals surface area contributed by atoms with Crippen molar-refractivity contribution in [2.45, 2.75) is 50.1 Å². The molecule has 0 spiro atoms. The number of hydrogen-bond acceptors (Lipinski definition) is 3. The average molecular weight is 353 g/mol. The van der Waals surface area contributed by atoms with Crippen LogP contribution < -0.4 is 0 Å². The first-order chi connectivity index (χ1) is 9.88. The minimum absolute atomic E-state index is 0.0172. The highest BCUT2D eigenvalue weighted by molar-refractivity contribution is 7.98. The summed E-state index contributed by atoms with van der Waals surface area (Å²) in [6.45, 7) is 4.78. The Bertz CT molecular complexity index is 543. The highest BCUT2D eigenvalue weighted by Crippen LogP contribution is 2.22. The molecule has 0 fully saturated rings. The van der Waals surface area contributed by atoms with Gasteiger partial charge < -0.3 is 4.57 Å². The fourth-order valence-electron chi connectivity index (χ4n) is 2.10. The van der Waals surface area contributed by atoms with Crippen molar-refractivity contribution in [3.63, 3.8) is 0 Å². The zero-order valence-electron chi connectivity index (χ0n) is 13.2. The Kier molecular flexibility index (Phi) is 7.60. The molecule has 4 nitrogen and oxygen atoms in total. The van der Waals surface area contributed by atoms with Gasteiger partial charge in [-0.3, -0.25) is 0 Å². The van der Waals surface area contributed by atoms with E-state index in [1.807, 2.05) is 17.7 Å². The first kappa shape index (κ1) is 18.9. The Morgan fingerprint density at radius 3 is 2.67 bits per heavy atom. The second kappa shape index (κ2) is 8.46. The minimum Gasteiger partial charge on any atom is -0.349 e. The standard InChI is InChI=1S/C14H25ClN2O2S2/c1-5-7-17-11-14(9-13(17)10-15)21(18,19)16(3)12(2)6-8-20-4/h9,11-12H,5-8,10H2,1-4H3. The van der Waals surface area contributed by atoms with Gasteiger partial charge in [0.2, 0.25) is 10.0 Å². The summed E-state index contributed by atoms with van der Waals surface area (Å²) in [5.74, 6) is 1.27. The van der Waals surface area contributed by atoms with Crippen molar-refractivity contribution < 1.29 is 8.42 Å². The molecule has 0 aromatic carbocycles. The van der Waals surface area contributed by atoms with Crippen LogP contribution in [-0.2, 0) is 22.4 Å². The van der Waals surface area contributed by atoms with Crippen molar-refractivity contribution in [1.29, 1.82) is 0 Å². The van der Waals surface area contributed by atoms with Gasteiger partial charge in [-0.25, -0.2) is 8.42 Å². The summed E-state index contributed by atoms with van der Waals surface area (Å²) in [5.41, 5.74) is 0.849. The lowest BCUT2D eigenvalue weighted by Gasteiger charge is -2.23. The van der Waals surface area contributed by atoms with E-state index in [0.29, 0.717) is 10.8 Å². The molecule has 1 unspecified atom stereocenters. The molecular formula is C14H25ClN2O2S2. The second-order valence-electron chi connectivity index (χ2n) is 5.15. The van der Waals surface area contributed by atoms with Crippen molar-refractivity contribution in [1.82, 2.24) is 8.87 Å². The number of nitrogens with zero attached hydrogens (tertiary/aromatic N) is 2. The van der Waals surface area contributed by atoms with Crippen LogP contribution in [0.3, 0.4) is 0 Å². The van der Waals surface area contributed by atoms with Crippen LogP contribution in [-0.4, -0.2) is 42.4 Å². The molecule has 7 heteroatoms. The molecular weight excluding hydrogens is 328 g/mol. The molecule has 21 heavy (non-hydrogen) atoms. The number of aryl methyl sites for hydroxylation is 1. The molecule has 0 aliphatic rings. The van der Waals surface area contributed by atoms with E-state index in [9.17, 15) is 8.42 Å². The van der Waals surface area contributed by atoms with Crippen LogP contribution in [0.15, 0.2) is 17.2 Å². The van der Waals surface area contributed by atoms with E-state index in [1.165, 1.54) is 4.31 Å². The molecule has 1 aromatic heterocycles. The summed E-state index contributed by atoms with van der Waals surface area (Å²) in [6.07, 6.45) is 5.51. The largest absolute Gasteiger partial charge is 0.349 e. The monoisotopic (exact) mass is 352 g/mol. The van der Waals surface area contributed by atoms with Crippen molar-refractivity contribution in [2.24, 2.45) is 0 Å². The number of aromatic nitrogens is 1. The Labute approximate surface area is 137 Å². The van der Waals surface area contributed by atoms with E-state index in [1.54, 1.807) is 31.1 Å². The fourth-order valence-corrected chi connectivity index (χ4v) is 4.36. The maximum Gasteiger partial charge on any atom is 0.244 e. The predicted octanol–water partition coefficient (Wildman–Crippen LogP) is 3.40. The quantitative estimate of drug-likeness (QED) is 0.640. The maximum absolute atomic E-state index is 12.7. The van der Waals surface area contributed by atoms with Crippen LogP contribution in [0.25, 0.3) is 0 Å². The van der Waals surface area contributed by atoms with Crippen LogP contribution >= 0.6 is 23.4 Å². The zero-order chi connectivity index (χ0) is 16.0. The minimum atomic E-state index is -3.45. The van der Waals surface area contributed by atoms with Crippen LogP contribution in [0.5, 0.6) is 0 Å². The van der Waals surface area contributed by atoms with Crippen LogP contribution in [0.1, 0.15) is 32.4 Å². The Balaban J connectivity index is 3.01. The predicted molar refractivity (Wildman–Crippen MR) is 91.7 cm³/mol. The smallest absolute Gasteiger partial charge is 0.244 e. The lowest BCUT2D eigenvalue weighted by molar-refractivity contribution is 0.382. The van der Waals surface area contributed by atoms with Gasteiger partial charge in [-0.05, 0) is 37.8 Å². The molecule has 0 aliphatic heterocycles. The Morgan fingerprint density at radius 2 is 2.14 bits per heavy atom. The summed E-state index contributed by atoms with van der Waals surface area (Å²) in [5, 5.41) is 0. The molecule has 1 heterocycles. The second-order valence-corrected chi connectivity index (χ2v) is 8.40. The lowest BCUT2D eigenvalue weighted by Crippen LogP contribution is -2.35. The van der Waals surface area contributed by atoms with E-state index in [0.717, 1.165) is 30.8 Å². The van der Waals surface area contributed by atoms with Gasteiger partial charge in [-0.2, -0.15) is 16.1 Å². The number of halogens is 1. The van der Waals surface area contributed by atoms with Crippen molar-refractivity contribution in [3.8, 4) is 0 Å². The van der Waals surface area contributed by atoms with E-state index in [2.05, 4.69) is 6.92 Å². The number of thioether (sulfide) groups is 1. The summed E-state index contributed by atoms with van der Waals surface area (Å²) in [6, 6.07) is 1.67. The molecule has 0 bridgehead atoms. The number of sulfonamides is 1. The fraction of sp³-hybridized carbons (Fsp3) is 0.714. The number of rotatable bonds is 9. The first-order valence-corrected chi connectivity index (χ1v) is 10.5. The average Bonchev–Trinajstić information content (AvgIpc) is 2.88. The van der Waals surface area contributed by atoms with E-state index < -0.39 is 10.0 Å². The number of hydrogen-bond donors (Lipinski definition) is 0. The molecule has 0 amide bonds. The summed E-state index contributed by atoms with van der Waals surface area (Å²) in [7, 11) is -1.80. The van der Waals surface area contributed by atoms with Gasteiger partial charge in [0.1, 0.15) is 4.90 Å². The summed E-state index contributed by atoms with van der Waals surface area (Å²) < 4.78 is 28.8. The third-order valence-electron chi connectivity index (χ3n) is 3.60. The Hall–Kier alpha value is -0.170. The van der Waals surface area contributed by atoms with Gasteiger partial charge in [0.25, 0.3) is 0 Å². The Morgan fingerprint density at radius 1 is 1.48 bits per heavy atom. The molecule has 0 saturated carbocycles. The van der Waals surface area contributed by atoms with Crippen LogP contribution in [0.4, 0.5) is 0 Å². The summed E-state index contributed by atoms with van der Waals surface area (Å²) >= 11 is 7.64. The van der Waals surface area contributed by atoms with E-state index in [4.69, 9.17) is 11.6 Å². The highest BCUT2D eigenvalue weighted by Gasteiger charge is 2.26. The molecule has 0 saturated heterocycles. The third-order valence-corrected chi connectivity index (χ3v) is 6.45. The molecule has 0 radical (unpaired) electrons. The number of alkyl halides is 1. The van der Waals surface area contributed by atoms with Gasteiger partial charge >= 0.3 is 0 Å². The third kappa shape index (κ3) is 4.65. The topological polar surface area (TPSA) is 42.3 Å². The summed E-state index contributed by atoms with van der Waals surface area (Å²) in [4.78, 5) is 0.338. The van der Waals surface area contributed by atoms with Gasteiger partial charge in [0, 0.05) is 31.5 Å². The molecule has 0 N–H and O–H groups in total. The lowest BCUT2D eigenvalue weighted by atomic mass is 10.3. The molecule has 122 valence electrons. The maximum atomic E-state index is 12.7. The SMILES string of the molecule is CCCn1cc(S(=O)(=O)N(C)C(C)CCSC)cc1CCl. The van der Waals surface area contributed by atoms with Crippen molar-refractivity contribution >= 4 is 33.4 Å². The van der Waals surface area contributed by atoms with Gasteiger partial charge in [-0.15, -0.1) is 11.6 Å². The normalized spacial score (nSPS) is 13.8. The van der Waals surface area contributed by atoms with Gasteiger partial charge in [0.15, 0.2) is 0 Å². The van der Waals surface area contributed by atoms with Crippen LogP contribution in [0.2, 0.25) is 0 Å². The van der Waals surface area contributed by atoms with Crippen LogP contribution in [0, 0.1) is 0 Å². The molecule has 1 rings (SSSR count). The molecule has 0 aliphatic carbocycles. The highest BCUT2D eigenvalue weighted by atomic mass is 35.5. The van der Waals surface area contributed by atoms with Crippen molar-refractivity contribution in [3.05, 3.63) is 18.0 Å². The first-order valence-electron chi connectivity index (χ1n) is 7.10. The van der Waals surface area contributed by atoms with Crippen molar-refractivity contribution in [2.75, 3.05) is 19.1 Å². The van der Waals surface area contributed by atoms with Gasteiger partial charge in [-0.1, -0.05) is 6.92 Å². The molecule has 1 atom stereocenters. The zero-order valence-corrected chi connectivity index (χ0v) is 15.6. The molecule has 1 aromatic rings.